The zero-order valence-electron chi connectivity index (χ0n) is 19.1. The molecule has 0 radical (unpaired) electrons. The highest BCUT2D eigenvalue weighted by molar-refractivity contribution is 7.92. The molecule has 0 saturated carbocycles. The number of carbonyl (C=O) groups is 1. The fraction of sp³-hybridized carbons (Fsp3) is 0.542. The summed E-state index contributed by atoms with van der Waals surface area (Å²) in [4.78, 5) is 11.5. The summed E-state index contributed by atoms with van der Waals surface area (Å²) in [6.07, 6.45) is 0.982. The summed E-state index contributed by atoms with van der Waals surface area (Å²) < 4.78 is 29.2. The van der Waals surface area contributed by atoms with Gasteiger partial charge in [0.15, 0.2) is 6.54 Å². The number of benzene rings is 2. The van der Waals surface area contributed by atoms with Crippen LogP contribution >= 0.6 is 0 Å². The maximum absolute atomic E-state index is 12.8. The number of carbonyl (C=O) groups excluding carboxylic acids is 1. The largest absolute Gasteiger partial charge is 0.365 e. The van der Waals surface area contributed by atoms with Crippen LogP contribution in [0.3, 0.4) is 0 Å². The summed E-state index contributed by atoms with van der Waals surface area (Å²) in [5.41, 5.74) is 8.54. The minimum absolute atomic E-state index is 0.0845. The van der Waals surface area contributed by atoms with Crippen LogP contribution in [0.5, 0.6) is 0 Å². The molecule has 2 bridgehead atoms. The summed E-state index contributed by atoms with van der Waals surface area (Å²) in [7, 11) is -3.31. The van der Waals surface area contributed by atoms with Gasteiger partial charge in [0.05, 0.1) is 18.0 Å². The Balaban J connectivity index is 1.37. The topological polar surface area (TPSA) is 80.5 Å². The molecule has 2 N–H and O–H groups in total. The monoisotopic (exact) mass is 458 g/mol. The van der Waals surface area contributed by atoms with Crippen molar-refractivity contribution in [2.45, 2.75) is 32.1 Å². The van der Waals surface area contributed by atoms with Gasteiger partial charge < -0.3 is 14.7 Å². The van der Waals surface area contributed by atoms with Crippen molar-refractivity contribution in [2.24, 2.45) is 5.73 Å². The van der Waals surface area contributed by atoms with Crippen LogP contribution in [0.1, 0.15) is 25.0 Å². The van der Waals surface area contributed by atoms with Gasteiger partial charge in [-0.3, -0.25) is 9.10 Å². The molecule has 1 amide bonds. The summed E-state index contributed by atoms with van der Waals surface area (Å²) in [6.45, 7) is 11.9. The number of quaternary nitrogens is 2. The Hall–Kier alpha value is -2.16. The van der Waals surface area contributed by atoms with Gasteiger partial charge in [-0.1, -0.05) is 24.3 Å². The second kappa shape index (κ2) is 7.43. The third-order valence-electron chi connectivity index (χ3n) is 8.02. The highest BCUT2D eigenvalue weighted by Crippen LogP contribution is 2.40. The molecule has 0 unspecified atom stereocenters. The van der Waals surface area contributed by atoms with E-state index in [2.05, 4.69) is 18.2 Å². The zero-order valence-corrected chi connectivity index (χ0v) is 19.9. The van der Waals surface area contributed by atoms with Gasteiger partial charge in [0.2, 0.25) is 10.0 Å². The van der Waals surface area contributed by atoms with Gasteiger partial charge in [-0.15, -0.1) is 0 Å². The molecule has 0 atom stereocenters. The fourth-order valence-corrected chi connectivity index (χ4v) is 8.07. The lowest BCUT2D eigenvalue weighted by atomic mass is 9.98. The molecule has 6 rings (SSSR count). The van der Waals surface area contributed by atoms with E-state index in [4.69, 9.17) is 5.73 Å². The Morgan fingerprint density at radius 2 is 1.66 bits per heavy atom. The lowest BCUT2D eigenvalue weighted by Gasteiger charge is -2.55. The van der Waals surface area contributed by atoms with E-state index in [1.54, 1.807) is 4.31 Å². The van der Waals surface area contributed by atoms with Crippen LogP contribution in [0, 0.1) is 0 Å². The smallest absolute Gasteiger partial charge is 0.272 e. The number of rotatable bonds is 6. The number of hydrogen-bond acceptors (Lipinski definition) is 3. The molecule has 4 aliphatic rings. The van der Waals surface area contributed by atoms with E-state index in [0.717, 1.165) is 83.2 Å². The molecule has 4 aliphatic heterocycles. The minimum atomic E-state index is -3.31. The number of nitrogens with zero attached hydrogens (tertiary/aromatic N) is 3. The number of sulfonamides is 1. The Morgan fingerprint density at radius 3 is 2.28 bits per heavy atom. The predicted molar refractivity (Wildman–Crippen MR) is 127 cm³/mol. The van der Waals surface area contributed by atoms with Crippen LogP contribution in [0.4, 0.5) is 5.69 Å². The van der Waals surface area contributed by atoms with Gasteiger partial charge in [-0.05, 0) is 36.2 Å². The second-order valence-corrected chi connectivity index (χ2v) is 12.2. The molecule has 32 heavy (non-hydrogen) atoms. The molecule has 7 nitrogen and oxygen atoms in total. The van der Waals surface area contributed by atoms with Crippen molar-refractivity contribution in [2.75, 3.05) is 56.7 Å². The van der Waals surface area contributed by atoms with Crippen molar-refractivity contribution in [3.05, 3.63) is 41.5 Å². The molecular formula is C24H34N4O3S+2. The SMILES string of the molecule is CC(C)N1c2ccc3ccc(CC[N+]45CC[N+](CC(N)=O)(CC4)CC5)cc3c2CS1(=O)=O. The molecule has 0 spiro atoms. The first-order chi connectivity index (χ1) is 15.1. The van der Waals surface area contributed by atoms with E-state index in [0.29, 0.717) is 6.54 Å². The first-order valence-electron chi connectivity index (χ1n) is 11.7. The second-order valence-electron chi connectivity index (χ2n) is 10.4. The van der Waals surface area contributed by atoms with E-state index < -0.39 is 10.0 Å². The van der Waals surface area contributed by atoms with Crippen LogP contribution < -0.4 is 10.0 Å². The maximum atomic E-state index is 12.8. The number of fused-ring (bicyclic) bond motifs is 6. The maximum Gasteiger partial charge on any atom is 0.272 e. The van der Waals surface area contributed by atoms with E-state index in [-0.39, 0.29) is 17.7 Å². The van der Waals surface area contributed by atoms with Crippen LogP contribution in [-0.2, 0) is 27.0 Å². The van der Waals surface area contributed by atoms with Gasteiger partial charge in [-0.25, -0.2) is 8.42 Å². The number of nitrogens with two attached hydrogens (primary N) is 1. The van der Waals surface area contributed by atoms with Gasteiger partial charge in [0.25, 0.3) is 5.91 Å². The molecular weight excluding hydrogens is 424 g/mol. The van der Waals surface area contributed by atoms with E-state index in [9.17, 15) is 13.2 Å². The van der Waals surface area contributed by atoms with E-state index in [1.165, 1.54) is 5.56 Å². The molecule has 2 aromatic rings. The molecule has 0 aliphatic carbocycles. The standard InChI is InChI=1S/C24H33N4O3S/c1-18(2)26-23-6-5-20-4-3-19(15-21(20)22(23)17-32(26,30)31)7-8-27-9-12-28(13-10-27,14-11-27)16-24(25)29/h3-6,15,18H,7-14,16-17H2,1-2H3,(H-,25,29)/q+1/p+1. The molecule has 0 aromatic heterocycles. The average molecular weight is 459 g/mol. The summed E-state index contributed by atoms with van der Waals surface area (Å²) >= 11 is 0. The summed E-state index contributed by atoms with van der Waals surface area (Å²) in [5, 5.41) is 2.17. The van der Waals surface area contributed by atoms with Crippen molar-refractivity contribution < 1.29 is 22.2 Å². The Morgan fingerprint density at radius 1 is 1.03 bits per heavy atom. The van der Waals surface area contributed by atoms with Gasteiger partial charge in [0.1, 0.15) is 39.3 Å². The molecule has 3 saturated heterocycles. The normalized spacial score (nSPS) is 28.4. The van der Waals surface area contributed by atoms with Gasteiger partial charge in [-0.2, -0.15) is 0 Å². The third-order valence-corrected chi connectivity index (χ3v) is 9.89. The lowest BCUT2D eigenvalue weighted by molar-refractivity contribution is -1.08. The highest BCUT2D eigenvalue weighted by atomic mass is 32.2. The van der Waals surface area contributed by atoms with Crippen LogP contribution in [-0.4, -0.2) is 81.7 Å². The van der Waals surface area contributed by atoms with Gasteiger partial charge >= 0.3 is 0 Å². The summed E-state index contributed by atoms with van der Waals surface area (Å²) in [5.74, 6) is -0.102. The van der Waals surface area contributed by atoms with Crippen molar-refractivity contribution in [1.82, 2.24) is 0 Å². The first kappa shape index (κ1) is 21.7. The number of piperazine rings is 3. The Labute approximate surface area is 190 Å². The van der Waals surface area contributed by atoms with Crippen molar-refractivity contribution in [3.63, 3.8) is 0 Å². The highest BCUT2D eigenvalue weighted by Gasteiger charge is 2.49. The van der Waals surface area contributed by atoms with Gasteiger partial charge in [0, 0.05) is 18.0 Å². The average Bonchev–Trinajstić information content (AvgIpc) is 3.03. The fourth-order valence-electron chi connectivity index (χ4n) is 6.15. The summed E-state index contributed by atoms with van der Waals surface area (Å²) in [6, 6.07) is 10.5. The quantitative estimate of drug-likeness (QED) is 0.668. The Bertz CT molecular complexity index is 1170. The number of amides is 1. The van der Waals surface area contributed by atoms with Crippen LogP contribution in [0.15, 0.2) is 30.3 Å². The van der Waals surface area contributed by atoms with Crippen molar-refractivity contribution in [1.29, 1.82) is 0 Å². The first-order valence-corrected chi connectivity index (χ1v) is 13.3. The lowest BCUT2D eigenvalue weighted by Crippen LogP contribution is -2.76. The molecule has 2 aromatic carbocycles. The number of anilines is 1. The van der Waals surface area contributed by atoms with E-state index >= 15 is 0 Å². The Kier molecular flexibility index (Phi) is 5.03. The minimum Gasteiger partial charge on any atom is -0.365 e. The number of hydrogen-bond donors (Lipinski definition) is 1. The predicted octanol–water partition coefficient (Wildman–Crippen LogP) is 1.59. The zero-order chi connectivity index (χ0) is 22.7. The molecule has 4 heterocycles. The molecule has 172 valence electrons. The van der Waals surface area contributed by atoms with Crippen LogP contribution in [0.2, 0.25) is 0 Å². The van der Waals surface area contributed by atoms with Crippen molar-refractivity contribution in [3.8, 4) is 0 Å². The third kappa shape index (κ3) is 3.58. The molecule has 3 fully saturated rings. The molecule has 8 heteroatoms. The van der Waals surface area contributed by atoms with Crippen molar-refractivity contribution >= 4 is 32.4 Å². The van der Waals surface area contributed by atoms with E-state index in [1.807, 2.05) is 26.0 Å². The number of primary amides is 1. The van der Waals surface area contributed by atoms with Crippen LogP contribution in [0.25, 0.3) is 10.8 Å².